The van der Waals surface area contributed by atoms with Gasteiger partial charge in [-0.1, -0.05) is 24.6 Å². The normalized spacial score (nSPS) is 12.6. The summed E-state index contributed by atoms with van der Waals surface area (Å²) in [6.07, 6.45) is 3.79. The number of rotatable bonds is 8. The van der Waals surface area contributed by atoms with Crippen molar-refractivity contribution in [2.24, 2.45) is 0 Å². The fourth-order valence-corrected chi connectivity index (χ4v) is 2.58. The predicted molar refractivity (Wildman–Crippen MR) is 78.9 cm³/mol. The van der Waals surface area contributed by atoms with Gasteiger partial charge in [-0.3, -0.25) is 0 Å². The van der Waals surface area contributed by atoms with Crippen molar-refractivity contribution in [1.29, 1.82) is 0 Å². The van der Waals surface area contributed by atoms with Gasteiger partial charge in [0.05, 0.1) is 0 Å². The van der Waals surface area contributed by atoms with Crippen LogP contribution in [-0.2, 0) is 0 Å². The number of hydrogen-bond acceptors (Lipinski definition) is 2. The van der Waals surface area contributed by atoms with Crippen LogP contribution in [0.15, 0.2) is 29.2 Å². The third kappa shape index (κ3) is 6.75. The molecule has 96 valence electrons. The molecule has 1 unspecified atom stereocenters. The Labute approximate surface area is 110 Å². The van der Waals surface area contributed by atoms with E-state index in [2.05, 4.69) is 50.4 Å². The van der Waals surface area contributed by atoms with Crippen molar-refractivity contribution in [3.05, 3.63) is 29.8 Å². The second-order valence-electron chi connectivity index (χ2n) is 4.66. The van der Waals surface area contributed by atoms with Gasteiger partial charge in [-0.15, -0.1) is 11.8 Å². The van der Waals surface area contributed by atoms with Gasteiger partial charge < -0.3 is 5.32 Å². The number of aryl methyl sites for hydroxylation is 1. The van der Waals surface area contributed by atoms with Gasteiger partial charge in [-0.25, -0.2) is 0 Å². The lowest BCUT2D eigenvalue weighted by molar-refractivity contribution is 0.510. The minimum absolute atomic E-state index is 0.661. The summed E-state index contributed by atoms with van der Waals surface area (Å²) in [6, 6.07) is 9.48. The summed E-state index contributed by atoms with van der Waals surface area (Å²) >= 11 is 1.97. The van der Waals surface area contributed by atoms with Crippen LogP contribution in [0, 0.1) is 6.92 Å². The van der Waals surface area contributed by atoms with Crippen molar-refractivity contribution in [3.63, 3.8) is 0 Å². The quantitative estimate of drug-likeness (QED) is 0.547. The molecule has 0 aliphatic heterocycles. The molecule has 0 fully saturated rings. The van der Waals surface area contributed by atoms with Crippen LogP contribution in [0.1, 0.15) is 38.7 Å². The average Bonchev–Trinajstić information content (AvgIpc) is 2.34. The second kappa shape index (κ2) is 8.60. The number of nitrogens with one attached hydrogen (secondary N) is 1. The molecule has 0 aromatic heterocycles. The monoisotopic (exact) mass is 251 g/mol. The van der Waals surface area contributed by atoms with Crippen molar-refractivity contribution >= 4 is 11.8 Å². The molecule has 1 nitrogen and oxygen atoms in total. The summed E-state index contributed by atoms with van der Waals surface area (Å²) in [7, 11) is 0. The summed E-state index contributed by atoms with van der Waals surface area (Å²) in [4.78, 5) is 1.39. The molecular weight excluding hydrogens is 226 g/mol. The van der Waals surface area contributed by atoms with Crippen LogP contribution >= 0.6 is 11.8 Å². The molecule has 17 heavy (non-hydrogen) atoms. The SMILES string of the molecule is CCCNC(C)CCCSc1ccc(C)cc1. The molecule has 0 radical (unpaired) electrons. The van der Waals surface area contributed by atoms with E-state index in [0.29, 0.717) is 6.04 Å². The Bertz CT molecular complexity index is 294. The van der Waals surface area contributed by atoms with Gasteiger partial charge in [0.1, 0.15) is 0 Å². The molecule has 0 amide bonds. The lowest BCUT2D eigenvalue weighted by Crippen LogP contribution is -2.26. The van der Waals surface area contributed by atoms with Crippen molar-refractivity contribution in [2.45, 2.75) is 51.0 Å². The van der Waals surface area contributed by atoms with E-state index < -0.39 is 0 Å². The maximum Gasteiger partial charge on any atom is 0.00721 e. The molecule has 1 N–H and O–H groups in total. The van der Waals surface area contributed by atoms with Crippen LogP contribution in [-0.4, -0.2) is 18.3 Å². The Balaban J connectivity index is 2.09. The summed E-state index contributed by atoms with van der Waals surface area (Å²) in [6.45, 7) is 7.78. The number of thioether (sulfide) groups is 1. The van der Waals surface area contributed by atoms with E-state index in [1.807, 2.05) is 11.8 Å². The van der Waals surface area contributed by atoms with E-state index in [1.165, 1.54) is 35.5 Å². The van der Waals surface area contributed by atoms with Crippen LogP contribution in [0.2, 0.25) is 0 Å². The standard InChI is InChI=1S/C15H25NS/c1-4-11-16-14(3)6-5-12-17-15-9-7-13(2)8-10-15/h7-10,14,16H,4-6,11-12H2,1-3H3. The van der Waals surface area contributed by atoms with Crippen LogP contribution in [0.3, 0.4) is 0 Å². The van der Waals surface area contributed by atoms with Crippen molar-refractivity contribution in [1.82, 2.24) is 5.32 Å². The molecule has 2 heteroatoms. The second-order valence-corrected chi connectivity index (χ2v) is 5.83. The first kappa shape index (κ1) is 14.6. The molecule has 1 aromatic rings. The molecule has 0 aliphatic carbocycles. The van der Waals surface area contributed by atoms with Crippen molar-refractivity contribution in [2.75, 3.05) is 12.3 Å². The highest BCUT2D eigenvalue weighted by atomic mass is 32.2. The van der Waals surface area contributed by atoms with E-state index in [1.54, 1.807) is 0 Å². The smallest absolute Gasteiger partial charge is 0.00721 e. The van der Waals surface area contributed by atoms with Crippen molar-refractivity contribution in [3.8, 4) is 0 Å². The first-order chi connectivity index (χ1) is 8.22. The molecule has 0 aliphatic rings. The molecule has 0 saturated heterocycles. The summed E-state index contributed by atoms with van der Waals surface area (Å²) in [5, 5.41) is 3.53. The topological polar surface area (TPSA) is 12.0 Å². The van der Waals surface area contributed by atoms with Gasteiger partial charge in [0.15, 0.2) is 0 Å². The minimum Gasteiger partial charge on any atom is -0.314 e. The van der Waals surface area contributed by atoms with Gasteiger partial charge in [0.25, 0.3) is 0 Å². The van der Waals surface area contributed by atoms with Gasteiger partial charge in [0, 0.05) is 10.9 Å². The molecule has 0 heterocycles. The lowest BCUT2D eigenvalue weighted by Gasteiger charge is -2.12. The fraction of sp³-hybridized carbons (Fsp3) is 0.600. The zero-order valence-electron chi connectivity index (χ0n) is 11.3. The Kier molecular flexibility index (Phi) is 7.38. The van der Waals surface area contributed by atoms with Gasteiger partial charge in [-0.05, 0) is 57.5 Å². The molecule has 1 rings (SSSR count). The van der Waals surface area contributed by atoms with E-state index >= 15 is 0 Å². The molecule has 0 saturated carbocycles. The Morgan fingerprint density at radius 2 is 1.94 bits per heavy atom. The van der Waals surface area contributed by atoms with Crippen LogP contribution < -0.4 is 5.32 Å². The van der Waals surface area contributed by atoms with E-state index in [4.69, 9.17) is 0 Å². The van der Waals surface area contributed by atoms with Gasteiger partial charge >= 0.3 is 0 Å². The minimum atomic E-state index is 0.661. The molecule has 0 spiro atoms. The molecule has 1 aromatic carbocycles. The summed E-state index contributed by atoms with van der Waals surface area (Å²) < 4.78 is 0. The zero-order valence-corrected chi connectivity index (χ0v) is 12.1. The maximum atomic E-state index is 3.53. The molecule has 1 atom stereocenters. The predicted octanol–water partition coefficient (Wildman–Crippen LogP) is 4.26. The van der Waals surface area contributed by atoms with Crippen molar-refractivity contribution < 1.29 is 0 Å². The fourth-order valence-electron chi connectivity index (χ4n) is 1.71. The molecule has 0 bridgehead atoms. The Hall–Kier alpha value is -0.470. The third-order valence-corrected chi connectivity index (χ3v) is 3.91. The highest BCUT2D eigenvalue weighted by Gasteiger charge is 2.00. The third-order valence-electron chi connectivity index (χ3n) is 2.81. The van der Waals surface area contributed by atoms with Gasteiger partial charge in [0.2, 0.25) is 0 Å². The highest BCUT2D eigenvalue weighted by Crippen LogP contribution is 2.19. The van der Waals surface area contributed by atoms with E-state index in [9.17, 15) is 0 Å². The number of benzene rings is 1. The van der Waals surface area contributed by atoms with E-state index in [0.717, 1.165) is 6.54 Å². The summed E-state index contributed by atoms with van der Waals surface area (Å²) in [5.41, 5.74) is 1.34. The average molecular weight is 251 g/mol. The number of hydrogen-bond donors (Lipinski definition) is 1. The van der Waals surface area contributed by atoms with Crippen LogP contribution in [0.4, 0.5) is 0 Å². The Morgan fingerprint density at radius 3 is 2.59 bits per heavy atom. The zero-order chi connectivity index (χ0) is 12.5. The van der Waals surface area contributed by atoms with Gasteiger partial charge in [-0.2, -0.15) is 0 Å². The van der Waals surface area contributed by atoms with Crippen LogP contribution in [0.25, 0.3) is 0 Å². The van der Waals surface area contributed by atoms with E-state index in [-0.39, 0.29) is 0 Å². The Morgan fingerprint density at radius 1 is 1.24 bits per heavy atom. The maximum absolute atomic E-state index is 3.53. The molecular formula is C15H25NS. The highest BCUT2D eigenvalue weighted by molar-refractivity contribution is 7.99. The first-order valence-electron chi connectivity index (χ1n) is 6.65. The summed E-state index contributed by atoms with van der Waals surface area (Å²) in [5.74, 6) is 1.22. The van der Waals surface area contributed by atoms with Crippen LogP contribution in [0.5, 0.6) is 0 Å². The first-order valence-corrected chi connectivity index (χ1v) is 7.63. The lowest BCUT2D eigenvalue weighted by atomic mass is 10.2. The largest absolute Gasteiger partial charge is 0.314 e.